The normalized spacial score (nSPS) is 9.92. The molecule has 8 nitrogen and oxygen atoms in total. The van der Waals surface area contributed by atoms with Gasteiger partial charge in [-0.05, 0) is 25.1 Å². The van der Waals surface area contributed by atoms with E-state index in [-0.39, 0.29) is 17.0 Å². The van der Waals surface area contributed by atoms with Gasteiger partial charge >= 0.3 is 0 Å². The molecule has 24 heavy (non-hydrogen) atoms. The fourth-order valence-electron chi connectivity index (χ4n) is 1.94. The average molecular weight is 329 g/mol. The summed E-state index contributed by atoms with van der Waals surface area (Å²) in [6.07, 6.45) is 0. The van der Waals surface area contributed by atoms with E-state index in [4.69, 9.17) is 4.74 Å². The number of non-ortho nitro benzene ring substituents is 1. The summed E-state index contributed by atoms with van der Waals surface area (Å²) in [5.41, 5.74) is 5.51. The van der Waals surface area contributed by atoms with E-state index >= 15 is 0 Å². The largest absolute Gasteiger partial charge is 0.496 e. The topological polar surface area (TPSA) is 111 Å². The molecule has 2 amide bonds. The van der Waals surface area contributed by atoms with Gasteiger partial charge in [0.2, 0.25) is 0 Å². The minimum Gasteiger partial charge on any atom is -0.496 e. The number of amides is 2. The minimum absolute atomic E-state index is 0.0593. The predicted molar refractivity (Wildman–Crippen MR) is 85.8 cm³/mol. The van der Waals surface area contributed by atoms with Crippen LogP contribution >= 0.6 is 0 Å². The Morgan fingerprint density at radius 3 is 2.25 bits per heavy atom. The van der Waals surface area contributed by atoms with Crippen LogP contribution in [0.25, 0.3) is 0 Å². The van der Waals surface area contributed by atoms with Gasteiger partial charge in [-0.25, -0.2) is 0 Å². The van der Waals surface area contributed by atoms with Crippen LogP contribution in [0.2, 0.25) is 0 Å². The third-order valence-corrected chi connectivity index (χ3v) is 3.24. The van der Waals surface area contributed by atoms with Gasteiger partial charge in [-0.2, -0.15) is 0 Å². The number of nitrogens with one attached hydrogen (secondary N) is 2. The highest BCUT2D eigenvalue weighted by molar-refractivity contribution is 6.00. The minimum atomic E-state index is -0.726. The van der Waals surface area contributed by atoms with Gasteiger partial charge in [-0.3, -0.25) is 30.6 Å². The number of carbonyl (C=O) groups is 2. The summed E-state index contributed by atoms with van der Waals surface area (Å²) < 4.78 is 5.01. The van der Waals surface area contributed by atoms with Gasteiger partial charge in [0, 0.05) is 17.7 Å². The van der Waals surface area contributed by atoms with Gasteiger partial charge in [0.05, 0.1) is 17.6 Å². The Bertz CT molecular complexity index is 787. The molecule has 2 rings (SSSR count). The van der Waals surface area contributed by atoms with Crippen LogP contribution in [0, 0.1) is 17.0 Å². The van der Waals surface area contributed by atoms with Crippen molar-refractivity contribution in [3.05, 3.63) is 69.3 Å². The van der Waals surface area contributed by atoms with Crippen molar-refractivity contribution in [1.82, 2.24) is 10.9 Å². The maximum absolute atomic E-state index is 12.2. The number of methoxy groups -OCH3 is 1. The Hall–Kier alpha value is -3.42. The lowest BCUT2D eigenvalue weighted by Crippen LogP contribution is -2.41. The summed E-state index contributed by atoms with van der Waals surface area (Å²) in [4.78, 5) is 34.3. The second kappa shape index (κ2) is 7.23. The molecule has 0 aliphatic carbocycles. The third kappa shape index (κ3) is 3.86. The summed E-state index contributed by atoms with van der Waals surface area (Å²) in [5.74, 6) is -1.08. The quantitative estimate of drug-likeness (QED) is 0.658. The Morgan fingerprint density at radius 1 is 1.04 bits per heavy atom. The zero-order valence-electron chi connectivity index (χ0n) is 13.0. The molecule has 0 saturated heterocycles. The summed E-state index contributed by atoms with van der Waals surface area (Å²) in [6, 6.07) is 10.4. The maximum Gasteiger partial charge on any atom is 0.273 e. The highest BCUT2D eigenvalue weighted by Crippen LogP contribution is 2.23. The zero-order valence-corrected chi connectivity index (χ0v) is 13.0. The molecule has 0 spiro atoms. The first-order valence-electron chi connectivity index (χ1n) is 6.92. The molecule has 2 aromatic rings. The van der Waals surface area contributed by atoms with Crippen LogP contribution in [-0.2, 0) is 0 Å². The number of rotatable bonds is 4. The fourth-order valence-corrected chi connectivity index (χ4v) is 1.94. The lowest BCUT2D eigenvalue weighted by atomic mass is 10.1. The molecule has 124 valence electrons. The van der Waals surface area contributed by atoms with E-state index in [2.05, 4.69) is 10.9 Å². The molecule has 0 saturated carbocycles. The van der Waals surface area contributed by atoms with E-state index in [1.165, 1.54) is 19.2 Å². The van der Waals surface area contributed by atoms with E-state index in [9.17, 15) is 19.7 Å². The van der Waals surface area contributed by atoms with Crippen molar-refractivity contribution in [2.45, 2.75) is 6.92 Å². The van der Waals surface area contributed by atoms with Crippen molar-refractivity contribution >= 4 is 17.5 Å². The van der Waals surface area contributed by atoms with Crippen LogP contribution in [0.1, 0.15) is 26.3 Å². The highest BCUT2D eigenvalue weighted by Gasteiger charge is 2.18. The van der Waals surface area contributed by atoms with Crippen LogP contribution in [0.3, 0.4) is 0 Å². The molecule has 0 heterocycles. The monoisotopic (exact) mass is 329 g/mol. The highest BCUT2D eigenvalue weighted by atomic mass is 16.6. The molecule has 0 aliphatic heterocycles. The second-order valence-electron chi connectivity index (χ2n) is 4.92. The van der Waals surface area contributed by atoms with Gasteiger partial charge in [-0.15, -0.1) is 0 Å². The molecule has 2 aromatic carbocycles. The summed E-state index contributed by atoms with van der Waals surface area (Å²) in [5, 5.41) is 10.8. The number of hydrazine groups is 1. The summed E-state index contributed by atoms with van der Waals surface area (Å²) in [6.45, 7) is 1.89. The smallest absolute Gasteiger partial charge is 0.273 e. The van der Waals surface area contributed by atoms with Crippen LogP contribution in [-0.4, -0.2) is 23.8 Å². The molecular formula is C16H15N3O5. The first kappa shape index (κ1) is 16.9. The van der Waals surface area contributed by atoms with E-state index in [1.807, 2.05) is 6.92 Å². The number of nitro benzene ring substituents is 1. The number of nitro groups is 1. The van der Waals surface area contributed by atoms with E-state index in [0.29, 0.717) is 5.56 Å². The molecule has 0 aromatic heterocycles. The number of nitrogens with zero attached hydrogens (tertiary/aromatic N) is 1. The number of aryl methyl sites for hydroxylation is 1. The number of hydrogen-bond acceptors (Lipinski definition) is 5. The van der Waals surface area contributed by atoms with Crippen molar-refractivity contribution in [1.29, 1.82) is 0 Å². The Morgan fingerprint density at radius 2 is 1.67 bits per heavy atom. The summed E-state index contributed by atoms with van der Waals surface area (Å²) in [7, 11) is 1.34. The molecule has 0 bridgehead atoms. The molecule has 0 unspecified atom stereocenters. The predicted octanol–water partition coefficient (Wildman–Crippen LogP) is 1.99. The van der Waals surface area contributed by atoms with Gasteiger partial charge in [0.25, 0.3) is 17.5 Å². The van der Waals surface area contributed by atoms with E-state index in [0.717, 1.165) is 11.6 Å². The number of carbonyl (C=O) groups excluding carboxylic acids is 2. The Balaban J connectivity index is 2.11. The van der Waals surface area contributed by atoms with E-state index < -0.39 is 16.7 Å². The number of hydrogen-bond donors (Lipinski definition) is 2. The lowest BCUT2D eigenvalue weighted by molar-refractivity contribution is -0.384. The van der Waals surface area contributed by atoms with Crippen molar-refractivity contribution in [3.8, 4) is 5.75 Å². The second-order valence-corrected chi connectivity index (χ2v) is 4.92. The summed E-state index contributed by atoms with van der Waals surface area (Å²) >= 11 is 0. The Kier molecular flexibility index (Phi) is 5.10. The standard InChI is InChI=1S/C16H15N3O5/c1-10-3-5-11(6-4-10)15(20)17-18-16(21)13-9-12(19(22)23)7-8-14(13)24-2/h3-9H,1-2H3,(H,17,20)(H,18,21). The van der Waals surface area contributed by atoms with Crippen molar-refractivity contribution in [2.75, 3.05) is 7.11 Å². The average Bonchev–Trinajstić information content (AvgIpc) is 2.59. The molecule has 8 heteroatoms. The van der Waals surface area contributed by atoms with Crippen LogP contribution in [0.5, 0.6) is 5.75 Å². The fraction of sp³-hybridized carbons (Fsp3) is 0.125. The molecule has 0 radical (unpaired) electrons. The van der Waals surface area contributed by atoms with E-state index in [1.54, 1.807) is 24.3 Å². The molecule has 0 atom stereocenters. The van der Waals surface area contributed by atoms with Crippen molar-refractivity contribution in [3.63, 3.8) is 0 Å². The Labute approximate surface area is 137 Å². The molecule has 2 N–H and O–H groups in total. The number of benzene rings is 2. The van der Waals surface area contributed by atoms with Crippen LogP contribution in [0.15, 0.2) is 42.5 Å². The zero-order chi connectivity index (χ0) is 17.7. The van der Waals surface area contributed by atoms with Crippen molar-refractivity contribution in [2.24, 2.45) is 0 Å². The van der Waals surface area contributed by atoms with Crippen LogP contribution in [0.4, 0.5) is 5.69 Å². The van der Waals surface area contributed by atoms with Gasteiger partial charge < -0.3 is 4.74 Å². The first-order valence-corrected chi connectivity index (χ1v) is 6.92. The maximum atomic E-state index is 12.2. The van der Waals surface area contributed by atoms with Crippen LogP contribution < -0.4 is 15.6 Å². The first-order chi connectivity index (χ1) is 11.4. The van der Waals surface area contributed by atoms with Gasteiger partial charge in [0.1, 0.15) is 5.75 Å². The third-order valence-electron chi connectivity index (χ3n) is 3.24. The van der Waals surface area contributed by atoms with Crippen molar-refractivity contribution < 1.29 is 19.2 Å². The molecular weight excluding hydrogens is 314 g/mol. The van der Waals surface area contributed by atoms with Gasteiger partial charge in [0.15, 0.2) is 0 Å². The van der Waals surface area contributed by atoms with Gasteiger partial charge in [-0.1, -0.05) is 17.7 Å². The molecule has 0 fully saturated rings. The SMILES string of the molecule is COc1ccc([N+](=O)[O-])cc1C(=O)NNC(=O)c1ccc(C)cc1. The lowest BCUT2D eigenvalue weighted by Gasteiger charge is -2.10. The molecule has 0 aliphatic rings. The number of ether oxygens (including phenoxy) is 1.